The third kappa shape index (κ3) is 1.34. The smallest absolute Gasteiger partial charge is 0.231 e. The molecule has 1 aliphatic heterocycles. The summed E-state index contributed by atoms with van der Waals surface area (Å²) >= 11 is 0. The van der Waals surface area contributed by atoms with Crippen LogP contribution in [0.5, 0.6) is 11.5 Å². The van der Waals surface area contributed by atoms with Crippen LogP contribution in [0.15, 0.2) is 12.1 Å². The van der Waals surface area contributed by atoms with Gasteiger partial charge in [0, 0.05) is 0 Å². The van der Waals surface area contributed by atoms with E-state index in [1.165, 1.54) is 6.07 Å². The molecule has 0 amide bonds. The molecule has 0 saturated carbocycles. The van der Waals surface area contributed by atoms with Crippen LogP contribution in [-0.4, -0.2) is 6.79 Å². The van der Waals surface area contributed by atoms with Gasteiger partial charge in [-0.2, -0.15) is 0 Å². The summed E-state index contributed by atoms with van der Waals surface area (Å²) in [5.74, 6) is 0.718. The number of rotatable bonds is 1. The van der Waals surface area contributed by atoms with Crippen LogP contribution in [0.2, 0.25) is 0 Å². The monoisotopic (exact) mass is 182 g/mol. The van der Waals surface area contributed by atoms with Gasteiger partial charge in [-0.05, 0) is 23.6 Å². The molecule has 1 aromatic carbocycles. The van der Waals surface area contributed by atoms with Crippen LogP contribution in [0.25, 0.3) is 0 Å². The Labute approximate surface area is 76.3 Å². The highest BCUT2D eigenvalue weighted by Crippen LogP contribution is 2.37. The van der Waals surface area contributed by atoms with E-state index < -0.39 is 0 Å². The first kappa shape index (κ1) is 8.35. The fourth-order valence-electron chi connectivity index (χ4n) is 1.32. The summed E-state index contributed by atoms with van der Waals surface area (Å²) in [6, 6.07) is 3.33. The average molecular weight is 182 g/mol. The van der Waals surface area contributed by atoms with Crippen molar-refractivity contribution >= 4 is 0 Å². The summed E-state index contributed by atoms with van der Waals surface area (Å²) < 4.78 is 23.4. The molecule has 0 radical (unpaired) electrons. The maximum atomic E-state index is 13.3. The van der Waals surface area contributed by atoms with Crippen molar-refractivity contribution < 1.29 is 13.9 Å². The highest BCUT2D eigenvalue weighted by atomic mass is 19.1. The minimum absolute atomic E-state index is 0.119. The lowest BCUT2D eigenvalue weighted by atomic mass is 10.0. The first-order valence-corrected chi connectivity index (χ1v) is 4.27. The van der Waals surface area contributed by atoms with Crippen LogP contribution in [-0.2, 0) is 0 Å². The molecule has 0 saturated heterocycles. The van der Waals surface area contributed by atoms with Crippen LogP contribution in [0.1, 0.15) is 25.3 Å². The van der Waals surface area contributed by atoms with Crippen LogP contribution in [0.4, 0.5) is 4.39 Å². The first-order chi connectivity index (χ1) is 6.18. The normalized spacial score (nSPS) is 13.8. The van der Waals surface area contributed by atoms with Gasteiger partial charge in [0.2, 0.25) is 12.5 Å². The van der Waals surface area contributed by atoms with Gasteiger partial charge in [-0.15, -0.1) is 0 Å². The zero-order chi connectivity index (χ0) is 9.42. The Morgan fingerprint density at radius 1 is 1.31 bits per heavy atom. The maximum absolute atomic E-state index is 13.3. The Kier molecular flexibility index (Phi) is 1.87. The van der Waals surface area contributed by atoms with Gasteiger partial charge in [0.25, 0.3) is 0 Å². The Balaban J connectivity index is 2.49. The Morgan fingerprint density at radius 2 is 2.08 bits per heavy atom. The predicted octanol–water partition coefficient (Wildman–Crippen LogP) is 2.68. The van der Waals surface area contributed by atoms with Gasteiger partial charge in [0.15, 0.2) is 11.6 Å². The second-order valence-corrected chi connectivity index (χ2v) is 3.39. The number of fused-ring (bicyclic) bond motifs is 1. The molecule has 0 unspecified atom stereocenters. The molecule has 0 aliphatic carbocycles. The number of benzene rings is 1. The molecule has 2 rings (SSSR count). The SMILES string of the molecule is CC(C)c1cc(F)c2c(c1)OCO2. The van der Waals surface area contributed by atoms with Gasteiger partial charge in [-0.25, -0.2) is 4.39 Å². The van der Waals surface area contributed by atoms with Crippen molar-refractivity contribution in [2.24, 2.45) is 0 Å². The first-order valence-electron chi connectivity index (χ1n) is 4.27. The zero-order valence-electron chi connectivity index (χ0n) is 7.63. The van der Waals surface area contributed by atoms with Crippen molar-refractivity contribution in [3.05, 3.63) is 23.5 Å². The van der Waals surface area contributed by atoms with E-state index in [4.69, 9.17) is 9.47 Å². The molecule has 1 aliphatic rings. The maximum Gasteiger partial charge on any atom is 0.231 e. The molecule has 0 atom stereocenters. The second kappa shape index (κ2) is 2.91. The molecule has 1 aromatic rings. The van der Waals surface area contributed by atoms with Crippen molar-refractivity contribution in [1.82, 2.24) is 0 Å². The second-order valence-electron chi connectivity index (χ2n) is 3.39. The van der Waals surface area contributed by atoms with E-state index in [1.807, 2.05) is 19.9 Å². The van der Waals surface area contributed by atoms with Gasteiger partial charge in [-0.1, -0.05) is 13.8 Å². The third-order valence-electron chi connectivity index (χ3n) is 2.12. The van der Waals surface area contributed by atoms with E-state index in [9.17, 15) is 4.39 Å². The van der Waals surface area contributed by atoms with Crippen molar-refractivity contribution in [2.75, 3.05) is 6.79 Å². The summed E-state index contributed by atoms with van der Waals surface area (Å²) in [7, 11) is 0. The topological polar surface area (TPSA) is 18.5 Å². The zero-order valence-corrected chi connectivity index (χ0v) is 7.63. The van der Waals surface area contributed by atoms with E-state index in [-0.39, 0.29) is 18.4 Å². The highest BCUT2D eigenvalue weighted by molar-refractivity contribution is 5.46. The number of ether oxygens (including phenoxy) is 2. The lowest BCUT2D eigenvalue weighted by Gasteiger charge is -2.06. The van der Waals surface area contributed by atoms with Crippen molar-refractivity contribution in [3.63, 3.8) is 0 Å². The van der Waals surface area contributed by atoms with E-state index in [1.54, 1.807) is 0 Å². The average Bonchev–Trinajstić information content (AvgIpc) is 2.51. The Hall–Kier alpha value is -1.25. The largest absolute Gasteiger partial charge is 0.453 e. The molecule has 3 heteroatoms. The van der Waals surface area contributed by atoms with Crippen LogP contribution in [0, 0.1) is 5.82 Å². The molecule has 0 spiro atoms. The molecule has 13 heavy (non-hydrogen) atoms. The van der Waals surface area contributed by atoms with E-state index in [0.717, 1.165) is 5.56 Å². The molecule has 1 heterocycles. The van der Waals surface area contributed by atoms with Crippen molar-refractivity contribution in [3.8, 4) is 11.5 Å². The Morgan fingerprint density at radius 3 is 2.77 bits per heavy atom. The van der Waals surface area contributed by atoms with Crippen LogP contribution in [0.3, 0.4) is 0 Å². The van der Waals surface area contributed by atoms with Crippen molar-refractivity contribution in [1.29, 1.82) is 0 Å². The van der Waals surface area contributed by atoms with Crippen LogP contribution < -0.4 is 9.47 Å². The number of hydrogen-bond donors (Lipinski definition) is 0. The molecule has 70 valence electrons. The summed E-state index contributed by atoms with van der Waals surface area (Å²) in [6.07, 6.45) is 0. The van der Waals surface area contributed by atoms with Gasteiger partial charge in [-0.3, -0.25) is 0 Å². The third-order valence-corrected chi connectivity index (χ3v) is 2.12. The van der Waals surface area contributed by atoms with E-state index in [2.05, 4.69) is 0 Å². The number of hydrogen-bond acceptors (Lipinski definition) is 2. The van der Waals surface area contributed by atoms with Gasteiger partial charge in [0.05, 0.1) is 0 Å². The minimum Gasteiger partial charge on any atom is -0.453 e. The highest BCUT2D eigenvalue weighted by Gasteiger charge is 2.19. The quantitative estimate of drug-likeness (QED) is 0.664. The summed E-state index contributed by atoms with van der Waals surface area (Å²) in [5.41, 5.74) is 0.932. The lowest BCUT2D eigenvalue weighted by Crippen LogP contribution is -1.93. The molecule has 2 nitrogen and oxygen atoms in total. The lowest BCUT2D eigenvalue weighted by molar-refractivity contribution is 0.171. The molecule has 0 bridgehead atoms. The molecule has 0 N–H and O–H groups in total. The molecule has 0 fully saturated rings. The van der Waals surface area contributed by atoms with Gasteiger partial charge in [0.1, 0.15) is 0 Å². The standard InChI is InChI=1S/C10H11FO2/c1-6(2)7-3-8(11)10-9(4-7)12-5-13-10/h3-4,6H,5H2,1-2H3. The number of halogens is 1. The van der Waals surface area contributed by atoms with Gasteiger partial charge >= 0.3 is 0 Å². The minimum atomic E-state index is -0.335. The van der Waals surface area contributed by atoms with Crippen LogP contribution >= 0.6 is 0 Å². The fraction of sp³-hybridized carbons (Fsp3) is 0.400. The molecular formula is C10H11FO2. The summed E-state index contributed by atoms with van der Waals surface area (Å²) in [5, 5.41) is 0. The molecule has 0 aromatic heterocycles. The van der Waals surface area contributed by atoms with E-state index >= 15 is 0 Å². The van der Waals surface area contributed by atoms with E-state index in [0.29, 0.717) is 11.7 Å². The Bertz CT molecular complexity index is 334. The summed E-state index contributed by atoms with van der Waals surface area (Å²) in [4.78, 5) is 0. The molecular weight excluding hydrogens is 171 g/mol. The van der Waals surface area contributed by atoms with Gasteiger partial charge < -0.3 is 9.47 Å². The fourth-order valence-corrected chi connectivity index (χ4v) is 1.32. The predicted molar refractivity (Wildman–Crippen MR) is 46.6 cm³/mol. The van der Waals surface area contributed by atoms with Crippen molar-refractivity contribution in [2.45, 2.75) is 19.8 Å². The summed E-state index contributed by atoms with van der Waals surface area (Å²) in [6.45, 7) is 4.14.